The third-order valence-electron chi connectivity index (χ3n) is 3.37. The van der Waals surface area contributed by atoms with Gasteiger partial charge in [0.15, 0.2) is 0 Å². The number of rotatable bonds is 9. The van der Waals surface area contributed by atoms with Crippen LogP contribution in [0.5, 0.6) is 0 Å². The van der Waals surface area contributed by atoms with Gasteiger partial charge in [0.05, 0.1) is 0 Å². The first-order valence-electron chi connectivity index (χ1n) is 7.45. The number of hydrogen-bond acceptors (Lipinski definition) is 5. The van der Waals surface area contributed by atoms with Gasteiger partial charge >= 0.3 is 0 Å². The van der Waals surface area contributed by atoms with E-state index in [4.69, 9.17) is 0 Å². The van der Waals surface area contributed by atoms with E-state index in [2.05, 4.69) is 54.3 Å². The van der Waals surface area contributed by atoms with E-state index in [1.165, 1.54) is 5.56 Å². The molecule has 0 aliphatic heterocycles. The summed E-state index contributed by atoms with van der Waals surface area (Å²) in [5.41, 5.74) is 1.25. The van der Waals surface area contributed by atoms with E-state index < -0.39 is 0 Å². The van der Waals surface area contributed by atoms with Gasteiger partial charge in [0.25, 0.3) is 0 Å². The molecular weight excluding hydrogens is 268 g/mol. The number of aromatic nitrogens is 2. The molecule has 0 radical (unpaired) electrons. The van der Waals surface area contributed by atoms with E-state index in [9.17, 15) is 0 Å². The minimum absolute atomic E-state index is 0.467. The lowest BCUT2D eigenvalue weighted by atomic mass is 10.1. The second kappa shape index (κ2) is 9.06. The molecule has 0 aliphatic rings. The lowest BCUT2D eigenvalue weighted by Crippen LogP contribution is -2.32. The molecule has 4 nitrogen and oxygen atoms in total. The van der Waals surface area contributed by atoms with E-state index in [1.807, 2.05) is 11.8 Å². The van der Waals surface area contributed by atoms with Crippen molar-refractivity contribution in [1.82, 2.24) is 9.97 Å². The molecule has 114 valence electrons. The van der Waals surface area contributed by atoms with Crippen LogP contribution in [0.2, 0.25) is 0 Å². The van der Waals surface area contributed by atoms with Gasteiger partial charge in [-0.25, -0.2) is 9.97 Å². The van der Waals surface area contributed by atoms with Crippen molar-refractivity contribution in [2.75, 3.05) is 35.8 Å². The highest BCUT2D eigenvalue weighted by atomic mass is 32.2. The monoisotopic (exact) mass is 296 g/mol. The van der Waals surface area contributed by atoms with E-state index in [0.29, 0.717) is 6.04 Å². The quantitative estimate of drug-likeness (QED) is 0.756. The molecule has 0 saturated carbocycles. The predicted molar refractivity (Wildman–Crippen MR) is 91.1 cm³/mol. The first kappa shape index (κ1) is 17.1. The highest BCUT2D eigenvalue weighted by Gasteiger charge is 2.17. The maximum absolute atomic E-state index is 4.53. The number of hydrogen-bond donors (Lipinski definition) is 1. The molecule has 0 aromatic carbocycles. The van der Waals surface area contributed by atoms with Gasteiger partial charge in [-0.05, 0) is 26.0 Å². The molecule has 0 spiro atoms. The maximum Gasteiger partial charge on any atom is 0.137 e. The van der Waals surface area contributed by atoms with Crippen LogP contribution in [0.1, 0.15) is 39.2 Å². The number of anilines is 2. The summed E-state index contributed by atoms with van der Waals surface area (Å²) in [7, 11) is 2.13. The normalized spacial score (nSPS) is 12.2. The lowest BCUT2D eigenvalue weighted by molar-refractivity contribution is 0.740. The van der Waals surface area contributed by atoms with Gasteiger partial charge in [-0.3, -0.25) is 0 Å². The molecule has 0 saturated heterocycles. The molecule has 1 atom stereocenters. The molecule has 5 heteroatoms. The van der Waals surface area contributed by atoms with Gasteiger partial charge in [-0.2, -0.15) is 11.8 Å². The van der Waals surface area contributed by atoms with Crippen LogP contribution in [0.25, 0.3) is 0 Å². The van der Waals surface area contributed by atoms with Crippen molar-refractivity contribution < 1.29 is 0 Å². The second-order valence-corrected chi connectivity index (χ2v) is 6.03. The van der Waals surface area contributed by atoms with Crippen LogP contribution in [0, 0.1) is 0 Å². The van der Waals surface area contributed by atoms with E-state index in [0.717, 1.165) is 43.2 Å². The Balaban J connectivity index is 3.03. The summed E-state index contributed by atoms with van der Waals surface area (Å²) in [6.07, 6.45) is 7.04. The summed E-state index contributed by atoms with van der Waals surface area (Å²) in [4.78, 5) is 11.2. The molecule has 1 heterocycles. The van der Waals surface area contributed by atoms with E-state index in [1.54, 1.807) is 6.33 Å². The number of nitrogens with one attached hydrogen (secondary N) is 1. The number of nitrogens with zero attached hydrogens (tertiary/aromatic N) is 3. The highest BCUT2D eigenvalue weighted by molar-refractivity contribution is 7.98. The zero-order valence-corrected chi connectivity index (χ0v) is 14.3. The summed E-state index contributed by atoms with van der Waals surface area (Å²) < 4.78 is 0. The topological polar surface area (TPSA) is 41.1 Å². The molecule has 1 rings (SSSR count). The first-order valence-corrected chi connectivity index (χ1v) is 8.84. The van der Waals surface area contributed by atoms with Crippen LogP contribution >= 0.6 is 11.8 Å². The van der Waals surface area contributed by atoms with Gasteiger partial charge in [0.2, 0.25) is 0 Å². The Morgan fingerprint density at radius 2 is 2.05 bits per heavy atom. The smallest absolute Gasteiger partial charge is 0.137 e. The van der Waals surface area contributed by atoms with Crippen LogP contribution in [0.15, 0.2) is 6.33 Å². The van der Waals surface area contributed by atoms with E-state index >= 15 is 0 Å². The first-order chi connectivity index (χ1) is 9.65. The van der Waals surface area contributed by atoms with Crippen LogP contribution < -0.4 is 10.2 Å². The van der Waals surface area contributed by atoms with Gasteiger partial charge in [-0.1, -0.05) is 20.3 Å². The fourth-order valence-electron chi connectivity index (χ4n) is 2.14. The minimum atomic E-state index is 0.467. The highest BCUT2D eigenvalue weighted by Crippen LogP contribution is 2.26. The molecule has 1 unspecified atom stereocenters. The minimum Gasteiger partial charge on any atom is -0.370 e. The molecule has 1 aromatic rings. The summed E-state index contributed by atoms with van der Waals surface area (Å²) >= 11 is 1.87. The van der Waals surface area contributed by atoms with Crippen LogP contribution in [0.3, 0.4) is 0 Å². The zero-order chi connectivity index (χ0) is 15.0. The Morgan fingerprint density at radius 3 is 2.65 bits per heavy atom. The Morgan fingerprint density at radius 1 is 1.30 bits per heavy atom. The Kier molecular flexibility index (Phi) is 7.73. The molecule has 0 amide bonds. The van der Waals surface area contributed by atoms with Crippen molar-refractivity contribution >= 4 is 23.4 Å². The summed E-state index contributed by atoms with van der Waals surface area (Å²) in [5, 5.41) is 3.43. The van der Waals surface area contributed by atoms with Crippen molar-refractivity contribution in [2.45, 2.75) is 46.1 Å². The molecule has 1 N–H and O–H groups in total. The standard InChI is InChI=1S/C15H28N4S/c1-6-8-13-14(16-9-7-2)17-11-18-15(13)19(4)12(3)10-20-5/h11-12H,6-10H2,1-5H3,(H,16,17,18). The molecule has 20 heavy (non-hydrogen) atoms. The maximum atomic E-state index is 4.53. The van der Waals surface area contributed by atoms with Crippen LogP contribution in [-0.4, -0.2) is 41.6 Å². The number of thioether (sulfide) groups is 1. The Labute approximate surface area is 127 Å². The van der Waals surface area contributed by atoms with Gasteiger partial charge in [0, 0.05) is 31.0 Å². The fourth-order valence-corrected chi connectivity index (χ4v) is 2.85. The summed E-state index contributed by atoms with van der Waals surface area (Å²) in [6.45, 7) is 7.57. The Bertz CT molecular complexity index is 397. The summed E-state index contributed by atoms with van der Waals surface area (Å²) in [6, 6.07) is 0.467. The van der Waals surface area contributed by atoms with Gasteiger partial charge in [0.1, 0.15) is 18.0 Å². The molecule has 0 fully saturated rings. The average Bonchev–Trinajstić information content (AvgIpc) is 2.45. The zero-order valence-electron chi connectivity index (χ0n) is 13.4. The third-order valence-corrected chi connectivity index (χ3v) is 4.18. The molecule has 0 aliphatic carbocycles. The molecule has 0 bridgehead atoms. The van der Waals surface area contributed by atoms with Crippen molar-refractivity contribution in [2.24, 2.45) is 0 Å². The van der Waals surface area contributed by atoms with Gasteiger partial charge in [-0.15, -0.1) is 0 Å². The largest absolute Gasteiger partial charge is 0.370 e. The van der Waals surface area contributed by atoms with Crippen LogP contribution in [-0.2, 0) is 6.42 Å². The summed E-state index contributed by atoms with van der Waals surface area (Å²) in [5.74, 6) is 3.17. The van der Waals surface area contributed by atoms with Crippen molar-refractivity contribution in [3.05, 3.63) is 11.9 Å². The fraction of sp³-hybridized carbons (Fsp3) is 0.733. The van der Waals surface area contributed by atoms with Crippen molar-refractivity contribution in [3.8, 4) is 0 Å². The molecular formula is C15H28N4S. The molecule has 1 aromatic heterocycles. The average molecular weight is 296 g/mol. The van der Waals surface area contributed by atoms with E-state index in [-0.39, 0.29) is 0 Å². The second-order valence-electron chi connectivity index (χ2n) is 5.12. The SMILES string of the molecule is CCCNc1ncnc(N(C)C(C)CSC)c1CCC. The third kappa shape index (κ3) is 4.54. The lowest BCUT2D eigenvalue weighted by Gasteiger charge is -2.28. The predicted octanol–water partition coefficient (Wildman–Crippen LogP) is 3.44. The van der Waals surface area contributed by atoms with Crippen LogP contribution in [0.4, 0.5) is 11.6 Å². The Hall–Kier alpha value is -0.970. The van der Waals surface area contributed by atoms with Crippen molar-refractivity contribution in [3.63, 3.8) is 0 Å². The van der Waals surface area contributed by atoms with Gasteiger partial charge < -0.3 is 10.2 Å². The van der Waals surface area contributed by atoms with Crippen molar-refractivity contribution in [1.29, 1.82) is 0 Å².